The lowest BCUT2D eigenvalue weighted by molar-refractivity contribution is -0.117. The van der Waals surface area contributed by atoms with E-state index in [4.69, 9.17) is 11.6 Å². The first-order chi connectivity index (χ1) is 11.7. The van der Waals surface area contributed by atoms with Crippen LogP contribution in [0.15, 0.2) is 30.3 Å². The molecule has 1 saturated heterocycles. The van der Waals surface area contributed by atoms with E-state index in [0.717, 1.165) is 18.5 Å². The van der Waals surface area contributed by atoms with Crippen molar-refractivity contribution in [2.45, 2.75) is 44.6 Å². The van der Waals surface area contributed by atoms with Gasteiger partial charge in [-0.15, -0.1) is 0 Å². The second-order valence-corrected chi connectivity index (χ2v) is 7.49. The second-order valence-electron chi connectivity index (χ2n) is 7.05. The number of carbonyl (C=O) groups excluding carboxylic acids is 1. The van der Waals surface area contributed by atoms with Gasteiger partial charge in [-0.05, 0) is 68.5 Å². The molecule has 2 fully saturated rings. The van der Waals surface area contributed by atoms with Crippen molar-refractivity contribution in [2.24, 2.45) is 5.92 Å². The van der Waals surface area contributed by atoms with Crippen molar-refractivity contribution in [3.05, 3.63) is 40.9 Å². The van der Waals surface area contributed by atoms with Crippen molar-refractivity contribution in [1.82, 2.24) is 10.2 Å². The van der Waals surface area contributed by atoms with Gasteiger partial charge in [-0.25, -0.2) is 0 Å². The van der Waals surface area contributed by atoms with Crippen LogP contribution in [0.5, 0.6) is 0 Å². The minimum atomic E-state index is 0.0169. The molecule has 1 aliphatic carbocycles. The molecule has 1 saturated carbocycles. The number of amides is 1. The fourth-order valence-electron chi connectivity index (χ4n) is 3.89. The van der Waals surface area contributed by atoms with Gasteiger partial charge >= 0.3 is 0 Å². The van der Waals surface area contributed by atoms with Gasteiger partial charge in [0.15, 0.2) is 0 Å². The van der Waals surface area contributed by atoms with Gasteiger partial charge in [-0.1, -0.05) is 36.6 Å². The molecule has 24 heavy (non-hydrogen) atoms. The number of halogens is 1. The minimum absolute atomic E-state index is 0.0169. The van der Waals surface area contributed by atoms with Gasteiger partial charge in [-0.2, -0.15) is 0 Å². The van der Waals surface area contributed by atoms with E-state index in [1.54, 1.807) is 6.08 Å². The van der Waals surface area contributed by atoms with Crippen LogP contribution in [-0.2, 0) is 4.79 Å². The zero-order chi connectivity index (χ0) is 16.8. The van der Waals surface area contributed by atoms with Gasteiger partial charge in [0.05, 0.1) is 0 Å². The van der Waals surface area contributed by atoms with Crippen LogP contribution in [0.4, 0.5) is 0 Å². The predicted octanol–water partition coefficient (Wildman–Crippen LogP) is 4.12. The Labute approximate surface area is 150 Å². The molecule has 4 heteroatoms. The molecule has 0 spiro atoms. The van der Waals surface area contributed by atoms with Crippen molar-refractivity contribution < 1.29 is 4.79 Å². The quantitative estimate of drug-likeness (QED) is 0.813. The number of carbonyl (C=O) groups is 1. The second kappa shape index (κ2) is 8.68. The summed E-state index contributed by atoms with van der Waals surface area (Å²) in [4.78, 5) is 14.9. The van der Waals surface area contributed by atoms with Crippen molar-refractivity contribution >= 4 is 23.6 Å². The van der Waals surface area contributed by atoms with E-state index in [2.05, 4.69) is 10.2 Å². The SMILES string of the molecule is O=C(/C=C/c1ccc(Cl)cc1)NC1CCCCC1CN1CCCC1. The predicted molar refractivity (Wildman–Crippen MR) is 100 cm³/mol. The van der Waals surface area contributed by atoms with Crippen LogP contribution in [-0.4, -0.2) is 36.5 Å². The van der Waals surface area contributed by atoms with Gasteiger partial charge in [0.2, 0.25) is 5.91 Å². The van der Waals surface area contributed by atoms with Gasteiger partial charge < -0.3 is 10.2 Å². The highest BCUT2D eigenvalue weighted by Crippen LogP contribution is 2.26. The van der Waals surface area contributed by atoms with Gasteiger partial charge in [0.25, 0.3) is 0 Å². The molecular formula is C20H27ClN2O. The van der Waals surface area contributed by atoms with E-state index >= 15 is 0 Å². The number of nitrogens with one attached hydrogen (secondary N) is 1. The van der Waals surface area contributed by atoms with E-state index in [0.29, 0.717) is 17.0 Å². The number of rotatable bonds is 5. The largest absolute Gasteiger partial charge is 0.349 e. The van der Waals surface area contributed by atoms with Crippen molar-refractivity contribution in [3.63, 3.8) is 0 Å². The van der Waals surface area contributed by atoms with Crippen molar-refractivity contribution in [3.8, 4) is 0 Å². The summed E-state index contributed by atoms with van der Waals surface area (Å²) < 4.78 is 0. The van der Waals surface area contributed by atoms with Crippen molar-refractivity contribution in [2.75, 3.05) is 19.6 Å². The molecule has 1 heterocycles. The van der Waals surface area contributed by atoms with Gasteiger partial charge in [-0.3, -0.25) is 4.79 Å². The summed E-state index contributed by atoms with van der Waals surface area (Å²) in [6, 6.07) is 7.84. The molecule has 0 radical (unpaired) electrons. The Morgan fingerprint density at radius 1 is 1.12 bits per heavy atom. The molecule has 1 N–H and O–H groups in total. The first-order valence-electron chi connectivity index (χ1n) is 9.17. The molecule has 2 unspecified atom stereocenters. The first kappa shape index (κ1) is 17.5. The highest BCUT2D eigenvalue weighted by molar-refractivity contribution is 6.30. The highest BCUT2D eigenvalue weighted by Gasteiger charge is 2.28. The van der Waals surface area contributed by atoms with E-state index in [1.807, 2.05) is 30.3 Å². The standard InChI is InChI=1S/C20H27ClN2O/c21-18-10-7-16(8-11-18)9-12-20(24)22-19-6-2-1-5-17(19)15-23-13-3-4-14-23/h7-12,17,19H,1-6,13-15H2,(H,22,24)/b12-9+. The zero-order valence-electron chi connectivity index (χ0n) is 14.2. The van der Waals surface area contributed by atoms with Crippen LogP contribution in [0.2, 0.25) is 5.02 Å². The molecule has 2 aliphatic rings. The van der Waals surface area contributed by atoms with Crippen LogP contribution in [0.1, 0.15) is 44.1 Å². The number of benzene rings is 1. The molecule has 3 nitrogen and oxygen atoms in total. The number of hydrogen-bond donors (Lipinski definition) is 1. The molecule has 1 amide bonds. The number of hydrogen-bond acceptors (Lipinski definition) is 2. The summed E-state index contributed by atoms with van der Waals surface area (Å²) in [7, 11) is 0. The summed E-state index contributed by atoms with van der Waals surface area (Å²) in [6.45, 7) is 3.60. The van der Waals surface area contributed by atoms with Crippen LogP contribution in [0.25, 0.3) is 6.08 Å². The monoisotopic (exact) mass is 346 g/mol. The van der Waals surface area contributed by atoms with E-state index in [-0.39, 0.29) is 5.91 Å². The topological polar surface area (TPSA) is 32.3 Å². The fourth-order valence-corrected chi connectivity index (χ4v) is 4.02. The van der Waals surface area contributed by atoms with Gasteiger partial charge in [0, 0.05) is 23.7 Å². The Morgan fingerprint density at radius 2 is 1.83 bits per heavy atom. The lowest BCUT2D eigenvalue weighted by Crippen LogP contribution is -2.45. The average molecular weight is 347 g/mol. The molecular weight excluding hydrogens is 320 g/mol. The summed E-state index contributed by atoms with van der Waals surface area (Å²) in [5.41, 5.74) is 0.992. The maximum atomic E-state index is 12.3. The Kier molecular flexibility index (Phi) is 6.33. The highest BCUT2D eigenvalue weighted by atomic mass is 35.5. The van der Waals surface area contributed by atoms with Crippen LogP contribution >= 0.6 is 11.6 Å². The van der Waals surface area contributed by atoms with E-state index < -0.39 is 0 Å². The smallest absolute Gasteiger partial charge is 0.244 e. The number of likely N-dealkylation sites (tertiary alicyclic amines) is 1. The maximum absolute atomic E-state index is 12.3. The molecule has 2 atom stereocenters. The molecule has 1 aliphatic heterocycles. The molecule has 0 bridgehead atoms. The average Bonchev–Trinajstić information content (AvgIpc) is 3.09. The first-order valence-corrected chi connectivity index (χ1v) is 9.55. The maximum Gasteiger partial charge on any atom is 0.244 e. The Balaban J connectivity index is 1.53. The lowest BCUT2D eigenvalue weighted by Gasteiger charge is -2.34. The minimum Gasteiger partial charge on any atom is -0.349 e. The third-order valence-corrected chi connectivity index (χ3v) is 5.48. The summed E-state index contributed by atoms with van der Waals surface area (Å²) >= 11 is 5.88. The Bertz CT molecular complexity index is 564. The van der Waals surface area contributed by atoms with Gasteiger partial charge in [0.1, 0.15) is 0 Å². The summed E-state index contributed by atoms with van der Waals surface area (Å²) in [6.07, 6.45) is 11.0. The van der Waals surface area contributed by atoms with Crippen LogP contribution in [0, 0.1) is 5.92 Å². The Hall–Kier alpha value is -1.32. The molecule has 3 rings (SSSR count). The Morgan fingerprint density at radius 3 is 2.58 bits per heavy atom. The molecule has 1 aromatic rings. The van der Waals surface area contributed by atoms with E-state index in [1.165, 1.54) is 45.2 Å². The summed E-state index contributed by atoms with van der Waals surface area (Å²) in [5.74, 6) is 0.619. The normalized spacial score (nSPS) is 25.2. The third kappa shape index (κ3) is 5.09. The molecule has 1 aromatic carbocycles. The fraction of sp³-hybridized carbons (Fsp3) is 0.550. The molecule has 0 aromatic heterocycles. The van der Waals surface area contributed by atoms with E-state index in [9.17, 15) is 4.79 Å². The van der Waals surface area contributed by atoms with Crippen LogP contribution in [0.3, 0.4) is 0 Å². The van der Waals surface area contributed by atoms with Crippen LogP contribution < -0.4 is 5.32 Å². The lowest BCUT2D eigenvalue weighted by atomic mass is 9.84. The zero-order valence-corrected chi connectivity index (χ0v) is 15.0. The number of nitrogens with zero attached hydrogens (tertiary/aromatic N) is 1. The molecule has 130 valence electrons. The third-order valence-electron chi connectivity index (χ3n) is 5.23. The summed E-state index contributed by atoms with van der Waals surface area (Å²) in [5, 5.41) is 3.96. The van der Waals surface area contributed by atoms with Crippen molar-refractivity contribution in [1.29, 1.82) is 0 Å².